The molecule has 0 fully saturated rings. The molecule has 0 saturated carbocycles. The van der Waals surface area contributed by atoms with Gasteiger partial charge >= 0.3 is 11.9 Å². The van der Waals surface area contributed by atoms with E-state index in [0.29, 0.717) is 5.75 Å². The molecule has 0 heterocycles. The maximum absolute atomic E-state index is 11.2. The fourth-order valence-electron chi connectivity index (χ4n) is 2.59. The first-order valence-corrected chi connectivity index (χ1v) is 7.99. The number of carbonyl (C=O) groups is 2. The van der Waals surface area contributed by atoms with Gasteiger partial charge in [-0.05, 0) is 29.5 Å². The zero-order valence-corrected chi connectivity index (χ0v) is 14.1. The molecular weight excluding hydrogens is 296 g/mol. The average molecular weight is 322 g/mol. The second-order valence-electron chi connectivity index (χ2n) is 5.65. The first-order valence-electron chi connectivity index (χ1n) is 7.99. The van der Waals surface area contributed by atoms with Crippen LogP contribution in [0.5, 0.6) is 5.75 Å². The smallest absolute Gasteiger partial charge is 0.303 e. The maximum atomic E-state index is 11.2. The molecule has 1 aromatic carbocycles. The Morgan fingerprint density at radius 2 is 2.00 bits per heavy atom. The first kappa shape index (κ1) is 19.0. The van der Waals surface area contributed by atoms with Gasteiger partial charge in [0.2, 0.25) is 0 Å². The van der Waals surface area contributed by atoms with Gasteiger partial charge in [-0.15, -0.1) is 0 Å². The van der Waals surface area contributed by atoms with Crippen LogP contribution < -0.4 is 4.74 Å². The molecule has 0 bridgehead atoms. The molecule has 23 heavy (non-hydrogen) atoms. The molecule has 128 valence electrons. The molecule has 0 radical (unpaired) electrons. The van der Waals surface area contributed by atoms with Gasteiger partial charge in [-0.1, -0.05) is 38.3 Å². The molecule has 0 aliphatic carbocycles. The first-order chi connectivity index (χ1) is 11.0. The number of carboxylic acids is 1. The van der Waals surface area contributed by atoms with Crippen molar-refractivity contribution in [2.75, 3.05) is 7.11 Å². The number of aliphatic carboxylic acids is 1. The fraction of sp³-hybridized carbons (Fsp3) is 0.556. The Morgan fingerprint density at radius 3 is 2.57 bits per heavy atom. The maximum Gasteiger partial charge on any atom is 0.303 e. The monoisotopic (exact) mass is 322 g/mol. The lowest BCUT2D eigenvalue weighted by Gasteiger charge is -2.19. The summed E-state index contributed by atoms with van der Waals surface area (Å²) in [5, 5.41) is 9.17. The highest BCUT2D eigenvalue weighted by molar-refractivity contribution is 5.68. The second kappa shape index (κ2) is 9.87. The molecule has 5 heteroatoms. The van der Waals surface area contributed by atoms with E-state index >= 15 is 0 Å². The van der Waals surface area contributed by atoms with Crippen molar-refractivity contribution in [3.63, 3.8) is 0 Å². The standard InChI is InChI=1S/C18H26O5/c1-4-5-6-7-15(11-18(20)21)16-9-8-14(10-17(16)22-3)12-23-13(2)19/h8-10,15H,4-7,11-12H2,1-3H3,(H,20,21). The molecule has 0 spiro atoms. The average Bonchev–Trinajstić information content (AvgIpc) is 2.51. The largest absolute Gasteiger partial charge is 0.496 e. The Morgan fingerprint density at radius 1 is 1.26 bits per heavy atom. The summed E-state index contributed by atoms with van der Waals surface area (Å²) in [6.07, 6.45) is 4.08. The third-order valence-electron chi connectivity index (χ3n) is 3.76. The lowest BCUT2D eigenvalue weighted by Crippen LogP contribution is -2.09. The number of benzene rings is 1. The van der Waals surface area contributed by atoms with E-state index in [1.807, 2.05) is 18.2 Å². The van der Waals surface area contributed by atoms with Gasteiger partial charge in [0.15, 0.2) is 0 Å². The van der Waals surface area contributed by atoms with Gasteiger partial charge < -0.3 is 14.6 Å². The van der Waals surface area contributed by atoms with Crippen molar-refractivity contribution in [2.24, 2.45) is 0 Å². The van der Waals surface area contributed by atoms with Gasteiger partial charge in [-0.2, -0.15) is 0 Å². The molecule has 0 aliphatic heterocycles. The van der Waals surface area contributed by atoms with Crippen molar-refractivity contribution in [1.82, 2.24) is 0 Å². The number of carbonyl (C=O) groups excluding carboxylic acids is 1. The lowest BCUT2D eigenvalue weighted by atomic mass is 9.89. The molecule has 1 rings (SSSR count). The Balaban J connectivity index is 2.94. The number of esters is 1. The number of unbranched alkanes of at least 4 members (excludes halogenated alkanes) is 2. The van der Waals surface area contributed by atoms with Gasteiger partial charge in [0.25, 0.3) is 0 Å². The van der Waals surface area contributed by atoms with Crippen molar-refractivity contribution < 1.29 is 24.2 Å². The SMILES string of the molecule is CCCCCC(CC(=O)O)c1ccc(COC(C)=O)cc1OC. The van der Waals surface area contributed by atoms with Crippen LogP contribution in [0.3, 0.4) is 0 Å². The summed E-state index contributed by atoms with van der Waals surface area (Å²) >= 11 is 0. The van der Waals surface area contributed by atoms with Crippen molar-refractivity contribution in [3.05, 3.63) is 29.3 Å². The molecule has 1 aromatic rings. The van der Waals surface area contributed by atoms with Crippen LogP contribution in [0.2, 0.25) is 0 Å². The van der Waals surface area contributed by atoms with Gasteiger partial charge in [0, 0.05) is 6.92 Å². The highest BCUT2D eigenvalue weighted by atomic mass is 16.5. The fourth-order valence-corrected chi connectivity index (χ4v) is 2.59. The van der Waals surface area contributed by atoms with Gasteiger partial charge in [0.05, 0.1) is 13.5 Å². The van der Waals surface area contributed by atoms with Crippen LogP contribution in [0, 0.1) is 0 Å². The number of carboxylic acid groups (broad SMARTS) is 1. The van der Waals surface area contributed by atoms with Crippen LogP contribution in [0.25, 0.3) is 0 Å². The quantitative estimate of drug-likeness (QED) is 0.522. The van der Waals surface area contributed by atoms with Crippen molar-refractivity contribution in [2.45, 2.75) is 58.5 Å². The summed E-state index contributed by atoms with van der Waals surface area (Å²) in [7, 11) is 1.57. The Bertz CT molecular complexity index is 524. The Kier molecular flexibility index (Phi) is 8.16. The van der Waals surface area contributed by atoms with Crippen LogP contribution in [-0.4, -0.2) is 24.2 Å². The van der Waals surface area contributed by atoms with E-state index < -0.39 is 5.97 Å². The molecule has 0 aromatic heterocycles. The van der Waals surface area contributed by atoms with Crippen molar-refractivity contribution in [1.29, 1.82) is 0 Å². The molecular formula is C18H26O5. The number of methoxy groups -OCH3 is 1. The van der Waals surface area contributed by atoms with E-state index in [9.17, 15) is 9.59 Å². The third kappa shape index (κ3) is 6.72. The summed E-state index contributed by atoms with van der Waals surface area (Å²) in [6, 6.07) is 5.56. The topological polar surface area (TPSA) is 72.8 Å². The highest BCUT2D eigenvalue weighted by Crippen LogP contribution is 2.34. The van der Waals surface area contributed by atoms with Crippen LogP contribution in [0.15, 0.2) is 18.2 Å². The molecule has 5 nitrogen and oxygen atoms in total. The minimum Gasteiger partial charge on any atom is -0.496 e. The summed E-state index contributed by atoms with van der Waals surface area (Å²) in [6.45, 7) is 3.67. The molecule has 1 atom stereocenters. The summed E-state index contributed by atoms with van der Waals surface area (Å²) < 4.78 is 10.4. The van der Waals surface area contributed by atoms with E-state index in [-0.39, 0.29) is 24.9 Å². The van der Waals surface area contributed by atoms with Crippen LogP contribution in [0.1, 0.15) is 63.0 Å². The van der Waals surface area contributed by atoms with E-state index in [4.69, 9.17) is 14.6 Å². The van der Waals surface area contributed by atoms with Crippen LogP contribution in [-0.2, 0) is 20.9 Å². The third-order valence-corrected chi connectivity index (χ3v) is 3.76. The highest BCUT2D eigenvalue weighted by Gasteiger charge is 2.19. The zero-order valence-electron chi connectivity index (χ0n) is 14.1. The molecule has 1 N–H and O–H groups in total. The lowest BCUT2D eigenvalue weighted by molar-refractivity contribution is -0.142. The Labute approximate surface area is 137 Å². The van der Waals surface area contributed by atoms with Crippen LogP contribution >= 0.6 is 0 Å². The summed E-state index contributed by atoms with van der Waals surface area (Å²) in [4.78, 5) is 22.1. The molecule has 1 unspecified atom stereocenters. The van der Waals surface area contributed by atoms with Gasteiger partial charge in [-0.3, -0.25) is 9.59 Å². The van der Waals surface area contributed by atoms with Crippen molar-refractivity contribution in [3.8, 4) is 5.75 Å². The molecule has 0 saturated heterocycles. The second-order valence-corrected chi connectivity index (χ2v) is 5.65. The van der Waals surface area contributed by atoms with Gasteiger partial charge in [0.1, 0.15) is 12.4 Å². The summed E-state index contributed by atoms with van der Waals surface area (Å²) in [5.74, 6) is -0.567. The van der Waals surface area contributed by atoms with E-state index in [1.54, 1.807) is 7.11 Å². The predicted molar refractivity (Wildman–Crippen MR) is 87.6 cm³/mol. The normalized spacial score (nSPS) is 11.8. The van der Waals surface area contributed by atoms with E-state index in [2.05, 4.69) is 6.92 Å². The zero-order chi connectivity index (χ0) is 17.2. The molecule has 0 aliphatic rings. The predicted octanol–water partition coefficient (Wildman–Crippen LogP) is 3.90. The van der Waals surface area contributed by atoms with E-state index in [1.165, 1.54) is 6.92 Å². The molecule has 0 amide bonds. The van der Waals surface area contributed by atoms with Gasteiger partial charge in [-0.25, -0.2) is 0 Å². The van der Waals surface area contributed by atoms with Crippen LogP contribution in [0.4, 0.5) is 0 Å². The summed E-state index contributed by atoms with van der Waals surface area (Å²) in [5.41, 5.74) is 1.72. The number of rotatable bonds is 10. The minimum atomic E-state index is -0.808. The minimum absolute atomic E-state index is 0.0724. The van der Waals surface area contributed by atoms with E-state index in [0.717, 1.165) is 36.8 Å². The van der Waals surface area contributed by atoms with Crippen molar-refractivity contribution >= 4 is 11.9 Å². The number of ether oxygens (including phenoxy) is 2. The Hall–Kier alpha value is -2.04. The number of hydrogen-bond donors (Lipinski definition) is 1. The number of hydrogen-bond acceptors (Lipinski definition) is 4.